The minimum Gasteiger partial charge on any atom is -0.462 e. The summed E-state index contributed by atoms with van der Waals surface area (Å²) in [5.41, 5.74) is 2.50. The average Bonchev–Trinajstić information content (AvgIpc) is 3.64. The fourth-order valence-electron chi connectivity index (χ4n) is 5.15. The molecule has 1 aliphatic rings. The lowest BCUT2D eigenvalue weighted by molar-refractivity contribution is -0.184. The molecule has 1 saturated carbocycles. The van der Waals surface area contributed by atoms with Crippen molar-refractivity contribution in [3.05, 3.63) is 53.8 Å². The van der Waals surface area contributed by atoms with Crippen molar-refractivity contribution in [3.8, 4) is 16.9 Å². The number of imidazole rings is 1. The number of carbonyl (C=O) groups is 2. The number of anilines is 1. The lowest BCUT2D eigenvalue weighted by atomic mass is 9.81. The number of carbonyl (C=O) groups excluding carboxylic acids is 2. The largest absolute Gasteiger partial charge is 0.462 e. The van der Waals surface area contributed by atoms with Crippen molar-refractivity contribution in [2.75, 3.05) is 11.5 Å². The maximum absolute atomic E-state index is 13.7. The van der Waals surface area contributed by atoms with E-state index < -0.39 is 24.0 Å². The van der Waals surface area contributed by atoms with Crippen molar-refractivity contribution in [3.63, 3.8) is 0 Å². The van der Waals surface area contributed by atoms with Crippen LogP contribution in [0.15, 0.2) is 48.2 Å². The Morgan fingerprint density at radius 3 is 2.42 bits per heavy atom. The van der Waals surface area contributed by atoms with E-state index in [9.17, 15) is 22.8 Å². The third-order valence-corrected chi connectivity index (χ3v) is 8.00. The number of alkyl halides is 3. The zero-order valence-electron chi connectivity index (χ0n) is 22.4. The van der Waals surface area contributed by atoms with Gasteiger partial charge in [-0.05, 0) is 58.6 Å². The molecule has 1 fully saturated rings. The molecule has 12 heteroatoms. The van der Waals surface area contributed by atoms with E-state index in [1.807, 2.05) is 46.4 Å². The quantitative estimate of drug-likeness (QED) is 0.235. The van der Waals surface area contributed by atoms with Gasteiger partial charge < -0.3 is 4.74 Å². The van der Waals surface area contributed by atoms with Gasteiger partial charge in [0.15, 0.2) is 10.8 Å². The van der Waals surface area contributed by atoms with Crippen LogP contribution in [-0.4, -0.2) is 49.9 Å². The SMILES string of the molecule is CCOC(=O)c1cn(-c2ccc(-c3cn4ccsc4n3)cc2)nc1N(C(=O)C1CCC(C(F)(F)F)CC1)C(C)C. The first-order valence-electron chi connectivity index (χ1n) is 13.3. The van der Waals surface area contributed by atoms with E-state index in [1.165, 1.54) is 15.8 Å². The molecule has 0 radical (unpaired) electrons. The summed E-state index contributed by atoms with van der Waals surface area (Å²) >= 11 is 1.54. The van der Waals surface area contributed by atoms with E-state index in [-0.39, 0.29) is 55.6 Å². The van der Waals surface area contributed by atoms with Crippen LogP contribution >= 0.6 is 11.3 Å². The fraction of sp³-hybridized carbons (Fsp3) is 0.429. The van der Waals surface area contributed by atoms with E-state index in [1.54, 1.807) is 32.1 Å². The maximum atomic E-state index is 13.7. The summed E-state index contributed by atoms with van der Waals surface area (Å²) in [4.78, 5) is 33.5. The van der Waals surface area contributed by atoms with Crippen molar-refractivity contribution in [2.24, 2.45) is 11.8 Å². The summed E-state index contributed by atoms with van der Waals surface area (Å²) in [5, 5.41) is 6.59. The van der Waals surface area contributed by atoms with Gasteiger partial charge in [0, 0.05) is 41.5 Å². The number of hydrogen-bond donors (Lipinski definition) is 0. The highest BCUT2D eigenvalue weighted by atomic mass is 32.1. The van der Waals surface area contributed by atoms with Crippen LogP contribution in [0.1, 0.15) is 56.8 Å². The molecule has 4 aromatic rings. The Morgan fingerprint density at radius 2 is 1.82 bits per heavy atom. The molecule has 212 valence electrons. The van der Waals surface area contributed by atoms with Gasteiger partial charge in [0.2, 0.25) is 5.91 Å². The second-order valence-corrected chi connectivity index (χ2v) is 11.1. The molecule has 40 heavy (non-hydrogen) atoms. The monoisotopic (exact) mass is 573 g/mol. The van der Waals surface area contributed by atoms with Gasteiger partial charge in [-0.15, -0.1) is 16.4 Å². The van der Waals surface area contributed by atoms with Crippen LogP contribution in [-0.2, 0) is 9.53 Å². The number of benzene rings is 1. The zero-order chi connectivity index (χ0) is 28.6. The van der Waals surface area contributed by atoms with Gasteiger partial charge in [-0.25, -0.2) is 14.5 Å². The number of thiazole rings is 1. The van der Waals surface area contributed by atoms with Crippen LogP contribution in [0, 0.1) is 11.8 Å². The van der Waals surface area contributed by atoms with Crippen molar-refractivity contribution in [2.45, 2.75) is 58.7 Å². The summed E-state index contributed by atoms with van der Waals surface area (Å²) in [6, 6.07) is 7.10. The second kappa shape index (κ2) is 11.1. The molecule has 1 aromatic carbocycles. The van der Waals surface area contributed by atoms with Gasteiger partial charge in [0.05, 0.1) is 23.9 Å². The summed E-state index contributed by atoms with van der Waals surface area (Å²) in [7, 11) is 0. The lowest BCUT2D eigenvalue weighted by Gasteiger charge is -2.34. The highest BCUT2D eigenvalue weighted by Gasteiger charge is 2.44. The van der Waals surface area contributed by atoms with Crippen LogP contribution < -0.4 is 4.90 Å². The summed E-state index contributed by atoms with van der Waals surface area (Å²) < 4.78 is 48.3. The number of ether oxygens (including phenoxy) is 1. The van der Waals surface area contributed by atoms with Crippen molar-refractivity contribution >= 4 is 34.0 Å². The van der Waals surface area contributed by atoms with Crippen molar-refractivity contribution in [1.82, 2.24) is 19.2 Å². The molecular weight excluding hydrogens is 543 g/mol. The van der Waals surface area contributed by atoms with Gasteiger partial charge in [0.1, 0.15) is 5.56 Å². The molecule has 0 aliphatic heterocycles. The van der Waals surface area contributed by atoms with E-state index in [2.05, 4.69) is 10.1 Å². The molecule has 0 spiro atoms. The summed E-state index contributed by atoms with van der Waals surface area (Å²) in [5.74, 6) is -2.79. The van der Waals surface area contributed by atoms with Gasteiger partial charge in [-0.1, -0.05) is 12.1 Å². The Balaban J connectivity index is 1.44. The lowest BCUT2D eigenvalue weighted by Crippen LogP contribution is -2.44. The first-order chi connectivity index (χ1) is 19.1. The van der Waals surface area contributed by atoms with E-state index in [4.69, 9.17) is 4.74 Å². The zero-order valence-corrected chi connectivity index (χ0v) is 23.2. The standard InChI is InChI=1S/C28H30F3N5O3S/c1-4-39-26(38)22-15-35(21-11-7-18(8-12-21)23-16-34-13-14-40-27(34)32-23)33-24(22)36(17(2)3)25(37)19-5-9-20(10-6-19)28(29,30)31/h7-8,11-17,19-20H,4-6,9-10H2,1-3H3. The Hall–Kier alpha value is -3.67. The molecule has 1 aliphatic carbocycles. The molecule has 5 rings (SSSR count). The van der Waals surface area contributed by atoms with Crippen LogP contribution in [0.25, 0.3) is 21.9 Å². The fourth-order valence-corrected chi connectivity index (χ4v) is 5.85. The van der Waals surface area contributed by atoms with Gasteiger partial charge in [-0.2, -0.15) is 13.2 Å². The Kier molecular flexibility index (Phi) is 7.72. The molecule has 0 atom stereocenters. The number of rotatable bonds is 7. The van der Waals surface area contributed by atoms with Crippen LogP contribution in [0.5, 0.6) is 0 Å². The smallest absolute Gasteiger partial charge is 0.391 e. The number of fused-ring (bicyclic) bond motifs is 1. The number of esters is 1. The number of nitrogens with zero attached hydrogens (tertiary/aromatic N) is 5. The average molecular weight is 574 g/mol. The molecule has 0 unspecified atom stereocenters. The number of halogens is 3. The van der Waals surface area contributed by atoms with Crippen LogP contribution in [0.3, 0.4) is 0 Å². The van der Waals surface area contributed by atoms with Crippen molar-refractivity contribution in [1.29, 1.82) is 0 Å². The normalized spacial score (nSPS) is 17.9. The molecule has 3 heterocycles. The van der Waals surface area contributed by atoms with Gasteiger partial charge >= 0.3 is 12.1 Å². The molecule has 1 amide bonds. The highest BCUT2D eigenvalue weighted by molar-refractivity contribution is 7.15. The molecule has 8 nitrogen and oxygen atoms in total. The molecule has 0 saturated heterocycles. The third-order valence-electron chi connectivity index (χ3n) is 7.23. The Bertz CT molecular complexity index is 1470. The first kappa shape index (κ1) is 27.9. The highest BCUT2D eigenvalue weighted by Crippen LogP contribution is 2.40. The van der Waals surface area contributed by atoms with Crippen LogP contribution in [0.4, 0.5) is 19.0 Å². The predicted molar refractivity (Wildman–Crippen MR) is 146 cm³/mol. The Labute approximate surface area is 233 Å². The maximum Gasteiger partial charge on any atom is 0.391 e. The number of hydrogen-bond acceptors (Lipinski definition) is 6. The first-order valence-corrected chi connectivity index (χ1v) is 14.1. The molecule has 3 aromatic heterocycles. The molecular formula is C28H30F3N5O3S. The minimum absolute atomic E-state index is 0.0912. The van der Waals surface area contributed by atoms with Crippen molar-refractivity contribution < 1.29 is 27.5 Å². The Morgan fingerprint density at radius 1 is 1.12 bits per heavy atom. The van der Waals surface area contributed by atoms with Crippen LogP contribution in [0.2, 0.25) is 0 Å². The topological polar surface area (TPSA) is 81.7 Å². The number of amides is 1. The summed E-state index contributed by atoms with van der Waals surface area (Å²) in [6.45, 7) is 5.40. The van der Waals surface area contributed by atoms with E-state index >= 15 is 0 Å². The second-order valence-electron chi connectivity index (χ2n) is 10.2. The molecule has 0 bridgehead atoms. The number of aromatic nitrogens is 4. The van der Waals surface area contributed by atoms with Gasteiger partial charge in [0.25, 0.3) is 0 Å². The minimum atomic E-state index is -4.26. The van der Waals surface area contributed by atoms with Gasteiger partial charge in [-0.3, -0.25) is 14.1 Å². The third kappa shape index (κ3) is 5.49. The molecule has 0 N–H and O–H groups in total. The predicted octanol–water partition coefficient (Wildman–Crippen LogP) is 6.54. The van der Waals surface area contributed by atoms with E-state index in [0.29, 0.717) is 5.69 Å². The summed E-state index contributed by atoms with van der Waals surface area (Å²) in [6.07, 6.45) is 1.24. The van der Waals surface area contributed by atoms with E-state index in [0.717, 1.165) is 16.2 Å².